The van der Waals surface area contributed by atoms with E-state index in [2.05, 4.69) is 20.9 Å². The highest BCUT2D eigenvalue weighted by atomic mass is 16.2. The molecule has 1 aromatic carbocycles. The zero-order valence-electron chi connectivity index (χ0n) is 22.5. The van der Waals surface area contributed by atoms with Crippen molar-refractivity contribution in [3.05, 3.63) is 47.3 Å². The van der Waals surface area contributed by atoms with Crippen molar-refractivity contribution in [1.29, 1.82) is 0 Å². The van der Waals surface area contributed by atoms with Crippen LogP contribution in [0.2, 0.25) is 0 Å². The Labute approximate surface area is 218 Å². The number of carbonyl (C=O) groups excluding carboxylic acids is 3. The van der Waals surface area contributed by atoms with Crippen LogP contribution in [0, 0.1) is 5.92 Å². The van der Waals surface area contributed by atoms with Crippen LogP contribution in [0.3, 0.4) is 0 Å². The predicted molar refractivity (Wildman–Crippen MR) is 143 cm³/mol. The molecule has 0 bridgehead atoms. The van der Waals surface area contributed by atoms with Crippen molar-refractivity contribution in [2.45, 2.75) is 33.4 Å². The SMILES string of the molecule is CN/C(=C\CN)C(=O)NCN1CC(C)n2nc(-c3ccc(CN(C)C)cc3NC(=O)C(C)C)cc2C1=O. The van der Waals surface area contributed by atoms with Crippen molar-refractivity contribution in [3.63, 3.8) is 0 Å². The third kappa shape index (κ3) is 6.55. The third-order valence-corrected chi connectivity index (χ3v) is 6.05. The number of nitrogens with one attached hydrogen (secondary N) is 3. The summed E-state index contributed by atoms with van der Waals surface area (Å²) in [6.45, 7) is 7.04. The molecule has 0 aliphatic carbocycles. The molecular weight excluding hydrogens is 472 g/mol. The number of fused-ring (bicyclic) bond motifs is 1. The summed E-state index contributed by atoms with van der Waals surface area (Å²) in [5.41, 5.74) is 9.32. The summed E-state index contributed by atoms with van der Waals surface area (Å²) in [7, 11) is 5.61. The van der Waals surface area contributed by atoms with Crippen molar-refractivity contribution >= 4 is 23.4 Å². The number of benzene rings is 1. The monoisotopic (exact) mass is 510 g/mol. The molecule has 2 heterocycles. The highest BCUT2D eigenvalue weighted by Gasteiger charge is 2.31. The zero-order chi connectivity index (χ0) is 27.3. The minimum atomic E-state index is -0.337. The molecule has 1 aromatic heterocycles. The lowest BCUT2D eigenvalue weighted by molar-refractivity contribution is -0.119. The van der Waals surface area contributed by atoms with Crippen LogP contribution in [0.25, 0.3) is 11.3 Å². The van der Waals surface area contributed by atoms with Gasteiger partial charge in [-0.3, -0.25) is 19.1 Å². The summed E-state index contributed by atoms with van der Waals surface area (Å²) in [4.78, 5) is 41.9. The minimum Gasteiger partial charge on any atom is -0.384 e. The smallest absolute Gasteiger partial charge is 0.273 e. The summed E-state index contributed by atoms with van der Waals surface area (Å²) < 4.78 is 1.71. The van der Waals surface area contributed by atoms with Crippen molar-refractivity contribution in [1.82, 2.24) is 30.2 Å². The molecule has 1 atom stereocenters. The average Bonchev–Trinajstić information content (AvgIpc) is 3.29. The number of nitrogens with two attached hydrogens (primary N) is 1. The Morgan fingerprint density at radius 3 is 2.62 bits per heavy atom. The van der Waals surface area contributed by atoms with Gasteiger partial charge in [0.2, 0.25) is 5.91 Å². The van der Waals surface area contributed by atoms with Crippen LogP contribution in [0.5, 0.6) is 0 Å². The molecule has 0 saturated carbocycles. The summed E-state index contributed by atoms with van der Waals surface area (Å²) >= 11 is 0. The first kappa shape index (κ1) is 27.9. The topological polar surface area (TPSA) is 138 Å². The fourth-order valence-corrected chi connectivity index (χ4v) is 4.15. The van der Waals surface area contributed by atoms with E-state index in [1.807, 2.05) is 53.1 Å². The number of anilines is 1. The van der Waals surface area contributed by atoms with E-state index in [1.54, 1.807) is 28.8 Å². The van der Waals surface area contributed by atoms with Gasteiger partial charge in [-0.15, -0.1) is 0 Å². The first-order chi connectivity index (χ1) is 17.5. The third-order valence-electron chi connectivity index (χ3n) is 6.05. The van der Waals surface area contributed by atoms with Gasteiger partial charge >= 0.3 is 0 Å². The Morgan fingerprint density at radius 1 is 1.27 bits per heavy atom. The van der Waals surface area contributed by atoms with Gasteiger partial charge in [-0.05, 0) is 44.8 Å². The van der Waals surface area contributed by atoms with Crippen LogP contribution in [-0.4, -0.2) is 78.2 Å². The Morgan fingerprint density at radius 2 is 2.00 bits per heavy atom. The van der Waals surface area contributed by atoms with E-state index in [-0.39, 0.29) is 42.9 Å². The quantitative estimate of drug-likeness (QED) is 0.354. The zero-order valence-corrected chi connectivity index (χ0v) is 22.5. The first-order valence-electron chi connectivity index (χ1n) is 12.4. The number of likely N-dealkylation sites (N-methyl/N-ethyl adjacent to an activating group) is 1. The second-order valence-corrected chi connectivity index (χ2v) is 9.77. The molecule has 11 heteroatoms. The Hall–Kier alpha value is -3.70. The molecule has 0 radical (unpaired) electrons. The molecule has 1 unspecified atom stereocenters. The Kier molecular flexibility index (Phi) is 9.06. The molecule has 11 nitrogen and oxygen atoms in total. The van der Waals surface area contributed by atoms with Crippen LogP contribution < -0.4 is 21.7 Å². The molecule has 1 aliphatic rings. The molecule has 3 amide bonds. The predicted octanol–water partition coefficient (Wildman–Crippen LogP) is 1.36. The van der Waals surface area contributed by atoms with E-state index in [1.165, 1.54) is 0 Å². The van der Waals surface area contributed by atoms with Crippen molar-refractivity contribution in [3.8, 4) is 11.3 Å². The van der Waals surface area contributed by atoms with Gasteiger partial charge < -0.3 is 31.5 Å². The van der Waals surface area contributed by atoms with Gasteiger partial charge in [-0.2, -0.15) is 5.10 Å². The minimum absolute atomic E-state index is 0.0566. The van der Waals surface area contributed by atoms with E-state index in [0.29, 0.717) is 29.3 Å². The van der Waals surface area contributed by atoms with Gasteiger partial charge in [0.05, 0.1) is 29.8 Å². The lowest BCUT2D eigenvalue weighted by atomic mass is 10.0. The molecule has 5 N–H and O–H groups in total. The molecule has 3 rings (SSSR count). The van der Waals surface area contributed by atoms with E-state index in [0.717, 1.165) is 17.7 Å². The number of rotatable bonds is 10. The molecule has 37 heavy (non-hydrogen) atoms. The van der Waals surface area contributed by atoms with E-state index in [9.17, 15) is 14.4 Å². The van der Waals surface area contributed by atoms with E-state index >= 15 is 0 Å². The van der Waals surface area contributed by atoms with Crippen molar-refractivity contribution in [2.24, 2.45) is 11.7 Å². The fraction of sp³-hybridized carbons (Fsp3) is 0.462. The standard InChI is InChI=1S/C26H38N8O3/c1-16(2)24(35)30-21-11-18(14-32(5)6)7-8-19(21)22-12-23-26(37)33(13-17(3)34(23)31-22)15-29-25(36)20(28-4)9-10-27/h7-9,11-12,16-17,28H,10,13-15,27H2,1-6H3,(H,29,36)(H,30,35)/b20-9-. The maximum atomic E-state index is 13.3. The van der Waals surface area contributed by atoms with Crippen molar-refractivity contribution in [2.75, 3.05) is 46.2 Å². The van der Waals surface area contributed by atoms with Gasteiger partial charge in [0.15, 0.2) is 0 Å². The maximum absolute atomic E-state index is 13.3. The molecule has 2 aromatic rings. The molecular formula is C26H38N8O3. The first-order valence-corrected chi connectivity index (χ1v) is 12.4. The molecule has 0 fully saturated rings. The number of hydrogen-bond acceptors (Lipinski definition) is 7. The van der Waals surface area contributed by atoms with E-state index < -0.39 is 0 Å². The largest absolute Gasteiger partial charge is 0.384 e. The lowest BCUT2D eigenvalue weighted by Crippen LogP contribution is -2.48. The van der Waals surface area contributed by atoms with Crippen molar-refractivity contribution < 1.29 is 14.4 Å². The van der Waals surface area contributed by atoms with Gasteiger partial charge in [0.1, 0.15) is 5.69 Å². The Balaban J connectivity index is 1.89. The normalized spacial score (nSPS) is 15.7. The van der Waals surface area contributed by atoms with Gasteiger partial charge in [-0.1, -0.05) is 26.0 Å². The van der Waals surface area contributed by atoms with Crippen LogP contribution in [0.15, 0.2) is 36.0 Å². The van der Waals surface area contributed by atoms with Gasteiger partial charge in [0, 0.05) is 38.2 Å². The van der Waals surface area contributed by atoms with Crippen LogP contribution in [0.1, 0.15) is 42.9 Å². The van der Waals surface area contributed by atoms with Crippen LogP contribution in [0.4, 0.5) is 5.69 Å². The highest BCUT2D eigenvalue weighted by Crippen LogP contribution is 2.32. The summed E-state index contributed by atoms with van der Waals surface area (Å²) in [6.07, 6.45) is 1.58. The Bertz CT molecular complexity index is 1180. The summed E-state index contributed by atoms with van der Waals surface area (Å²) in [5.74, 6) is -0.850. The molecule has 1 aliphatic heterocycles. The van der Waals surface area contributed by atoms with Gasteiger partial charge in [0.25, 0.3) is 11.8 Å². The lowest BCUT2D eigenvalue weighted by Gasteiger charge is -2.31. The van der Waals surface area contributed by atoms with Crippen LogP contribution in [-0.2, 0) is 16.1 Å². The number of nitrogens with zero attached hydrogens (tertiary/aromatic N) is 4. The molecule has 0 spiro atoms. The highest BCUT2D eigenvalue weighted by molar-refractivity contribution is 5.98. The number of aromatic nitrogens is 2. The number of amides is 3. The summed E-state index contributed by atoms with van der Waals surface area (Å²) in [6, 6.07) is 7.52. The number of carbonyl (C=O) groups is 3. The van der Waals surface area contributed by atoms with Gasteiger partial charge in [-0.25, -0.2) is 0 Å². The second kappa shape index (κ2) is 12.0. The molecule has 0 saturated heterocycles. The average molecular weight is 511 g/mol. The number of hydrogen-bond donors (Lipinski definition) is 4. The molecule has 200 valence electrons. The second-order valence-electron chi connectivity index (χ2n) is 9.77. The van der Waals surface area contributed by atoms with Crippen LogP contribution >= 0.6 is 0 Å². The fourth-order valence-electron chi connectivity index (χ4n) is 4.15. The summed E-state index contributed by atoms with van der Waals surface area (Å²) in [5, 5.41) is 13.3. The maximum Gasteiger partial charge on any atom is 0.273 e. The van der Waals surface area contributed by atoms with E-state index in [4.69, 9.17) is 10.8 Å².